The lowest BCUT2D eigenvalue weighted by molar-refractivity contribution is 0.0826. The second-order valence-electron chi connectivity index (χ2n) is 2.82. The molecule has 70 valence electrons. The Morgan fingerprint density at radius 3 is 2.62 bits per heavy atom. The van der Waals surface area contributed by atoms with Crippen LogP contribution in [0.5, 0.6) is 0 Å². The zero-order valence-corrected chi connectivity index (χ0v) is 8.93. The first-order valence-corrected chi connectivity index (χ1v) is 4.48. The van der Waals surface area contributed by atoms with Gasteiger partial charge in [0.2, 0.25) is 0 Å². The summed E-state index contributed by atoms with van der Waals surface area (Å²) in [4.78, 5) is 12.8. The van der Waals surface area contributed by atoms with Gasteiger partial charge in [-0.3, -0.25) is 4.79 Å². The van der Waals surface area contributed by atoms with Crippen LogP contribution in [0.3, 0.4) is 0 Å². The van der Waals surface area contributed by atoms with E-state index in [0.29, 0.717) is 10.0 Å². The van der Waals surface area contributed by atoms with Crippen molar-refractivity contribution in [2.75, 3.05) is 14.1 Å². The van der Waals surface area contributed by atoms with Crippen molar-refractivity contribution in [1.29, 1.82) is 0 Å². The van der Waals surface area contributed by atoms with Gasteiger partial charge in [0.25, 0.3) is 5.91 Å². The van der Waals surface area contributed by atoms with E-state index in [-0.39, 0.29) is 5.91 Å². The molecule has 0 aromatic heterocycles. The molecule has 1 rings (SSSR count). The van der Waals surface area contributed by atoms with Crippen molar-refractivity contribution in [3.63, 3.8) is 0 Å². The summed E-state index contributed by atoms with van der Waals surface area (Å²) in [7, 11) is 3.25. The smallest absolute Gasteiger partial charge is 0.254 e. The number of nitrogens with zero attached hydrogens (tertiary/aromatic N) is 1. The highest BCUT2D eigenvalue weighted by Crippen LogP contribution is 2.18. The zero-order chi connectivity index (χ0) is 10.0. The average molecular weight is 246 g/mol. The van der Waals surface area contributed by atoms with Gasteiger partial charge in [-0.05, 0) is 34.1 Å². The molecule has 0 aliphatic rings. The van der Waals surface area contributed by atoms with Crippen LogP contribution in [0.2, 0.25) is 0 Å². The Morgan fingerprint density at radius 2 is 2.08 bits per heavy atom. The molecular formula is C9H9BrFNO. The number of rotatable bonds is 1. The highest BCUT2D eigenvalue weighted by Gasteiger charge is 2.12. The van der Waals surface area contributed by atoms with Crippen LogP contribution in [-0.2, 0) is 0 Å². The van der Waals surface area contributed by atoms with Crippen LogP contribution >= 0.6 is 15.9 Å². The van der Waals surface area contributed by atoms with Crippen molar-refractivity contribution in [3.8, 4) is 0 Å². The Bertz CT molecular complexity index is 338. The molecule has 1 aromatic rings. The van der Waals surface area contributed by atoms with E-state index < -0.39 is 5.82 Å². The molecule has 0 spiro atoms. The minimum absolute atomic E-state index is 0.216. The van der Waals surface area contributed by atoms with Gasteiger partial charge >= 0.3 is 0 Å². The quantitative estimate of drug-likeness (QED) is 0.744. The van der Waals surface area contributed by atoms with E-state index in [1.54, 1.807) is 14.1 Å². The minimum Gasteiger partial charge on any atom is -0.345 e. The second-order valence-corrected chi connectivity index (χ2v) is 3.68. The molecule has 0 unspecified atom stereocenters. The maximum absolute atomic E-state index is 12.8. The average Bonchev–Trinajstić information content (AvgIpc) is 2.08. The molecule has 2 nitrogen and oxygen atoms in total. The molecule has 4 heteroatoms. The monoisotopic (exact) mass is 245 g/mol. The molecule has 0 fully saturated rings. The third-order valence-corrected chi connectivity index (χ3v) is 2.26. The maximum Gasteiger partial charge on any atom is 0.254 e. The van der Waals surface area contributed by atoms with Crippen molar-refractivity contribution in [2.24, 2.45) is 0 Å². The highest BCUT2D eigenvalue weighted by molar-refractivity contribution is 9.10. The van der Waals surface area contributed by atoms with E-state index in [0.717, 1.165) is 0 Å². The fourth-order valence-corrected chi connectivity index (χ4v) is 1.32. The summed E-state index contributed by atoms with van der Waals surface area (Å²) >= 11 is 3.19. The zero-order valence-electron chi connectivity index (χ0n) is 7.34. The van der Waals surface area contributed by atoms with Gasteiger partial charge in [0.1, 0.15) is 5.82 Å². The molecule has 13 heavy (non-hydrogen) atoms. The Labute approximate surface area is 84.5 Å². The van der Waals surface area contributed by atoms with Gasteiger partial charge in [-0.2, -0.15) is 0 Å². The summed E-state index contributed by atoms with van der Waals surface area (Å²) in [6, 6.07) is 4.04. The van der Waals surface area contributed by atoms with Crippen LogP contribution in [0.25, 0.3) is 0 Å². The molecule has 0 atom stereocenters. The van der Waals surface area contributed by atoms with E-state index >= 15 is 0 Å². The van der Waals surface area contributed by atoms with Crippen molar-refractivity contribution in [3.05, 3.63) is 34.1 Å². The van der Waals surface area contributed by atoms with Crippen LogP contribution in [0.1, 0.15) is 10.4 Å². The van der Waals surface area contributed by atoms with Crippen LogP contribution in [0.15, 0.2) is 22.7 Å². The molecule has 0 heterocycles. The lowest BCUT2D eigenvalue weighted by atomic mass is 10.2. The van der Waals surface area contributed by atoms with Crippen LogP contribution in [0, 0.1) is 5.82 Å². The van der Waals surface area contributed by atoms with E-state index in [9.17, 15) is 9.18 Å². The van der Waals surface area contributed by atoms with Gasteiger partial charge in [-0.25, -0.2) is 4.39 Å². The number of carbonyl (C=O) groups is 1. The summed E-state index contributed by atoms with van der Waals surface area (Å²) in [5, 5.41) is 0. The lowest BCUT2D eigenvalue weighted by Crippen LogP contribution is -2.22. The topological polar surface area (TPSA) is 20.3 Å². The van der Waals surface area contributed by atoms with Gasteiger partial charge < -0.3 is 4.90 Å². The molecule has 1 aromatic carbocycles. The van der Waals surface area contributed by atoms with Crippen molar-refractivity contribution < 1.29 is 9.18 Å². The van der Waals surface area contributed by atoms with Gasteiger partial charge in [0.15, 0.2) is 0 Å². The summed E-state index contributed by atoms with van der Waals surface area (Å²) in [5.74, 6) is -0.625. The molecule has 0 N–H and O–H groups in total. The standard InChI is InChI=1S/C9H9BrFNO/c1-12(2)9(13)7-5-6(11)3-4-8(7)10/h3-5H,1-2H3. The molecule has 0 saturated heterocycles. The number of hydrogen-bond acceptors (Lipinski definition) is 1. The molecule has 1 amide bonds. The third-order valence-electron chi connectivity index (χ3n) is 1.56. The normalized spacial score (nSPS) is 9.85. The largest absolute Gasteiger partial charge is 0.345 e. The summed E-state index contributed by atoms with van der Waals surface area (Å²) in [6.45, 7) is 0. The second kappa shape index (κ2) is 3.87. The number of carbonyl (C=O) groups excluding carboxylic acids is 1. The lowest BCUT2D eigenvalue weighted by Gasteiger charge is -2.11. The van der Waals surface area contributed by atoms with Crippen molar-refractivity contribution in [1.82, 2.24) is 4.90 Å². The van der Waals surface area contributed by atoms with E-state index in [4.69, 9.17) is 0 Å². The number of benzene rings is 1. The van der Waals surface area contributed by atoms with Gasteiger partial charge in [-0.15, -0.1) is 0 Å². The fourth-order valence-electron chi connectivity index (χ4n) is 0.902. The first kappa shape index (κ1) is 10.2. The van der Waals surface area contributed by atoms with Crippen molar-refractivity contribution >= 4 is 21.8 Å². The van der Waals surface area contributed by atoms with E-state index in [2.05, 4.69) is 15.9 Å². The van der Waals surface area contributed by atoms with Crippen LogP contribution in [-0.4, -0.2) is 24.9 Å². The SMILES string of the molecule is CN(C)C(=O)c1cc(F)ccc1Br. The van der Waals surface area contributed by atoms with Crippen LogP contribution < -0.4 is 0 Å². The van der Waals surface area contributed by atoms with Crippen molar-refractivity contribution in [2.45, 2.75) is 0 Å². The molecule has 0 aliphatic heterocycles. The third kappa shape index (κ3) is 2.28. The molecular weight excluding hydrogens is 237 g/mol. The van der Waals surface area contributed by atoms with Crippen LogP contribution in [0.4, 0.5) is 4.39 Å². The Morgan fingerprint density at radius 1 is 1.46 bits per heavy atom. The van der Waals surface area contributed by atoms with E-state index in [1.165, 1.54) is 23.1 Å². The number of amides is 1. The highest BCUT2D eigenvalue weighted by atomic mass is 79.9. The Kier molecular flexibility index (Phi) is 3.03. The summed E-state index contributed by atoms with van der Waals surface area (Å²) in [6.07, 6.45) is 0. The molecule has 0 saturated carbocycles. The number of hydrogen-bond donors (Lipinski definition) is 0. The predicted molar refractivity (Wildman–Crippen MR) is 52.1 cm³/mol. The molecule has 0 radical (unpaired) electrons. The predicted octanol–water partition coefficient (Wildman–Crippen LogP) is 2.29. The Hall–Kier alpha value is -0.900. The summed E-state index contributed by atoms with van der Waals surface area (Å²) < 4.78 is 13.4. The van der Waals surface area contributed by atoms with E-state index in [1.807, 2.05) is 0 Å². The first-order valence-electron chi connectivity index (χ1n) is 3.69. The maximum atomic E-state index is 12.8. The van der Waals surface area contributed by atoms with Gasteiger partial charge in [0.05, 0.1) is 5.56 Å². The molecule has 0 aliphatic carbocycles. The van der Waals surface area contributed by atoms with Gasteiger partial charge in [-0.1, -0.05) is 0 Å². The fraction of sp³-hybridized carbons (Fsp3) is 0.222. The Balaban J connectivity index is 3.13. The number of halogens is 2. The first-order chi connectivity index (χ1) is 6.02. The minimum atomic E-state index is -0.409. The van der Waals surface area contributed by atoms with Gasteiger partial charge in [0, 0.05) is 18.6 Å². The molecule has 0 bridgehead atoms. The summed E-state index contributed by atoms with van der Waals surface area (Å²) in [5.41, 5.74) is 0.338.